The minimum absolute atomic E-state index is 0.354. The van der Waals surface area contributed by atoms with Crippen LogP contribution in [0.1, 0.15) is 5.82 Å². The van der Waals surface area contributed by atoms with E-state index in [1.54, 1.807) is 35.1 Å². The molecule has 3 heterocycles. The Balaban J connectivity index is 1.80. The maximum atomic E-state index is 11.1. The zero-order valence-electron chi connectivity index (χ0n) is 13.7. The van der Waals surface area contributed by atoms with Crippen LogP contribution in [0.25, 0.3) is 16.7 Å². The molecule has 1 atom stereocenters. The van der Waals surface area contributed by atoms with E-state index in [-0.39, 0.29) is 0 Å². The number of aromatic nitrogens is 4. The number of aryl methyl sites for hydroxylation is 1. The zero-order valence-corrected chi connectivity index (χ0v) is 14.5. The van der Waals surface area contributed by atoms with Crippen molar-refractivity contribution in [2.24, 2.45) is 0 Å². The molecule has 1 unspecified atom stereocenters. The first-order valence-electron chi connectivity index (χ1n) is 8.03. The Hall–Kier alpha value is -2.36. The maximum absolute atomic E-state index is 11.1. The molecule has 3 aromatic rings. The Kier molecular flexibility index (Phi) is 4.20. The van der Waals surface area contributed by atoms with Crippen molar-refractivity contribution in [1.82, 2.24) is 25.1 Å². The molecule has 4 rings (SSSR count). The van der Waals surface area contributed by atoms with Crippen molar-refractivity contribution in [3.05, 3.63) is 36.3 Å². The molecule has 1 aliphatic heterocycles. The molecule has 0 spiro atoms. The molecule has 8 nitrogen and oxygen atoms in total. The van der Waals surface area contributed by atoms with Crippen LogP contribution in [0.3, 0.4) is 0 Å². The minimum atomic E-state index is -1.99. The van der Waals surface area contributed by atoms with Gasteiger partial charge in [-0.05, 0) is 31.2 Å². The summed E-state index contributed by atoms with van der Waals surface area (Å²) in [6.07, 6.45) is 1.78. The van der Waals surface area contributed by atoms with Crippen LogP contribution in [-0.2, 0) is 11.1 Å². The summed E-state index contributed by atoms with van der Waals surface area (Å²) in [5, 5.41) is 8.72. The fourth-order valence-corrected chi connectivity index (χ4v) is 3.38. The number of hydrogen-bond donors (Lipinski definition) is 2. The largest absolute Gasteiger partial charge is 0.353 e. The fraction of sp³-hybridized carbons (Fsp3) is 0.312. The molecule has 0 aliphatic carbocycles. The highest BCUT2D eigenvalue weighted by molar-refractivity contribution is 7.79. The summed E-state index contributed by atoms with van der Waals surface area (Å²) in [5.41, 5.74) is 1.52. The van der Waals surface area contributed by atoms with E-state index in [0.717, 1.165) is 48.7 Å². The topological polar surface area (TPSA) is 96.2 Å². The lowest BCUT2D eigenvalue weighted by molar-refractivity contribution is 0.564. The van der Waals surface area contributed by atoms with Gasteiger partial charge >= 0.3 is 0 Å². The highest BCUT2D eigenvalue weighted by atomic mass is 32.2. The third-order valence-electron chi connectivity index (χ3n) is 4.22. The van der Waals surface area contributed by atoms with Crippen LogP contribution in [0.2, 0.25) is 0 Å². The molecule has 1 fully saturated rings. The molecule has 1 aliphatic rings. The predicted octanol–water partition coefficient (Wildman–Crippen LogP) is 1.11. The number of hydrogen-bond acceptors (Lipinski definition) is 6. The number of rotatable bonds is 3. The summed E-state index contributed by atoms with van der Waals surface area (Å²) in [4.78, 5) is 11.8. The van der Waals surface area contributed by atoms with Crippen molar-refractivity contribution in [3.63, 3.8) is 0 Å². The average Bonchev–Trinajstić information content (AvgIpc) is 3.05. The molecule has 25 heavy (non-hydrogen) atoms. The van der Waals surface area contributed by atoms with Gasteiger partial charge < -0.3 is 14.8 Å². The lowest BCUT2D eigenvalue weighted by atomic mass is 10.3. The quantitative estimate of drug-likeness (QED) is 0.677. The van der Waals surface area contributed by atoms with Gasteiger partial charge in [0.05, 0.1) is 22.2 Å². The summed E-state index contributed by atoms with van der Waals surface area (Å²) in [6.45, 7) is 5.53. The Bertz CT molecular complexity index is 934. The third-order valence-corrected chi connectivity index (χ3v) is 4.90. The van der Waals surface area contributed by atoms with Gasteiger partial charge in [-0.1, -0.05) is 0 Å². The summed E-state index contributed by atoms with van der Waals surface area (Å²) in [5.74, 6) is 1.60. The number of benzene rings is 1. The molecule has 0 amide bonds. The van der Waals surface area contributed by atoms with Crippen LogP contribution in [-0.4, -0.2) is 54.7 Å². The summed E-state index contributed by atoms with van der Waals surface area (Å²) in [6, 6.07) is 6.75. The summed E-state index contributed by atoms with van der Waals surface area (Å²) in [7, 11) is 0. The number of piperazine rings is 1. The summed E-state index contributed by atoms with van der Waals surface area (Å²) < 4.78 is 22.0. The Morgan fingerprint density at radius 2 is 1.88 bits per heavy atom. The second-order valence-electron chi connectivity index (χ2n) is 5.87. The van der Waals surface area contributed by atoms with Crippen LogP contribution in [0.4, 0.5) is 5.82 Å². The molecule has 0 radical (unpaired) electrons. The van der Waals surface area contributed by atoms with Crippen molar-refractivity contribution in [2.75, 3.05) is 31.1 Å². The second kappa shape index (κ2) is 6.51. The zero-order chi connectivity index (χ0) is 17.4. The number of nitrogens with zero attached hydrogens (tertiary/aromatic N) is 5. The first kappa shape index (κ1) is 16.1. The van der Waals surface area contributed by atoms with Crippen LogP contribution < -0.4 is 10.2 Å². The van der Waals surface area contributed by atoms with E-state index >= 15 is 0 Å². The first-order chi connectivity index (χ1) is 12.1. The van der Waals surface area contributed by atoms with E-state index in [9.17, 15) is 4.21 Å². The van der Waals surface area contributed by atoms with Crippen LogP contribution in [0.15, 0.2) is 35.4 Å². The van der Waals surface area contributed by atoms with Gasteiger partial charge in [0.1, 0.15) is 11.6 Å². The van der Waals surface area contributed by atoms with E-state index in [0.29, 0.717) is 10.7 Å². The molecule has 130 valence electrons. The van der Waals surface area contributed by atoms with Crippen molar-refractivity contribution in [3.8, 4) is 5.69 Å². The van der Waals surface area contributed by atoms with Crippen molar-refractivity contribution >= 4 is 27.9 Å². The highest BCUT2D eigenvalue weighted by Crippen LogP contribution is 2.26. The van der Waals surface area contributed by atoms with Crippen LogP contribution >= 0.6 is 0 Å². The van der Waals surface area contributed by atoms with E-state index in [2.05, 4.69) is 25.3 Å². The predicted molar refractivity (Wildman–Crippen MR) is 95.5 cm³/mol. The van der Waals surface area contributed by atoms with Crippen LogP contribution in [0.5, 0.6) is 0 Å². The molecule has 2 N–H and O–H groups in total. The van der Waals surface area contributed by atoms with Gasteiger partial charge in [-0.15, -0.1) is 0 Å². The molecular formula is C16H18N6O2S. The Morgan fingerprint density at radius 3 is 2.56 bits per heavy atom. The summed E-state index contributed by atoms with van der Waals surface area (Å²) >= 11 is -1.99. The van der Waals surface area contributed by atoms with E-state index in [1.165, 1.54) is 0 Å². The maximum Gasteiger partial charge on any atom is 0.186 e. The van der Waals surface area contributed by atoms with E-state index in [4.69, 9.17) is 4.55 Å². The SMILES string of the molecule is Cc1nc(N2CCNCC2)c2cnn(-c3ccc(S(=O)O)cc3)c2n1. The molecule has 0 bridgehead atoms. The van der Waals surface area contributed by atoms with Crippen molar-refractivity contribution in [1.29, 1.82) is 0 Å². The van der Waals surface area contributed by atoms with Gasteiger partial charge in [0.15, 0.2) is 16.7 Å². The van der Waals surface area contributed by atoms with Gasteiger partial charge in [0, 0.05) is 26.2 Å². The van der Waals surface area contributed by atoms with Crippen molar-refractivity contribution in [2.45, 2.75) is 11.8 Å². The smallest absolute Gasteiger partial charge is 0.186 e. The highest BCUT2D eigenvalue weighted by Gasteiger charge is 2.19. The minimum Gasteiger partial charge on any atom is -0.353 e. The fourth-order valence-electron chi connectivity index (χ4n) is 3.01. The van der Waals surface area contributed by atoms with Gasteiger partial charge in [-0.3, -0.25) is 0 Å². The average molecular weight is 358 g/mol. The Morgan fingerprint density at radius 1 is 1.16 bits per heavy atom. The van der Waals surface area contributed by atoms with E-state index in [1.807, 2.05) is 6.92 Å². The number of fused-ring (bicyclic) bond motifs is 1. The molecule has 2 aromatic heterocycles. The van der Waals surface area contributed by atoms with Crippen molar-refractivity contribution < 1.29 is 8.76 Å². The standard InChI is InChI=1S/C16H18N6O2S/c1-11-19-15(21-8-6-17-7-9-21)14-10-18-22(16(14)20-11)12-2-4-13(5-3-12)25(23)24/h2-5,10,17H,6-9H2,1H3,(H,23,24). The van der Waals surface area contributed by atoms with Gasteiger partial charge in [-0.2, -0.15) is 5.10 Å². The lowest BCUT2D eigenvalue weighted by Gasteiger charge is -2.28. The second-order valence-corrected chi connectivity index (χ2v) is 6.84. The Labute approximate surface area is 147 Å². The molecule has 1 saturated heterocycles. The number of anilines is 1. The van der Waals surface area contributed by atoms with Gasteiger partial charge in [-0.25, -0.2) is 18.9 Å². The molecule has 1 aromatic carbocycles. The first-order valence-corrected chi connectivity index (χ1v) is 9.13. The van der Waals surface area contributed by atoms with Crippen LogP contribution in [0, 0.1) is 6.92 Å². The molecule has 0 saturated carbocycles. The molecule has 9 heteroatoms. The monoisotopic (exact) mass is 358 g/mol. The molecular weight excluding hydrogens is 340 g/mol. The van der Waals surface area contributed by atoms with Gasteiger partial charge in [0.25, 0.3) is 0 Å². The van der Waals surface area contributed by atoms with E-state index < -0.39 is 11.1 Å². The number of nitrogens with one attached hydrogen (secondary N) is 1. The van der Waals surface area contributed by atoms with Gasteiger partial charge in [0.2, 0.25) is 0 Å². The third kappa shape index (κ3) is 3.01. The lowest BCUT2D eigenvalue weighted by Crippen LogP contribution is -2.44. The normalized spacial score (nSPS) is 16.3.